The number of ether oxygens (including phenoxy) is 1. The van der Waals surface area contributed by atoms with Crippen LogP contribution in [0.2, 0.25) is 0 Å². The van der Waals surface area contributed by atoms with Gasteiger partial charge in [0.25, 0.3) is 0 Å². The van der Waals surface area contributed by atoms with Crippen LogP contribution in [0.3, 0.4) is 0 Å². The second kappa shape index (κ2) is 12.5. The number of halogens is 1. The minimum atomic E-state index is -3.08. The van der Waals surface area contributed by atoms with Crippen LogP contribution in [0.5, 0.6) is 0 Å². The number of hydrogen-bond acceptors (Lipinski definition) is 4. The van der Waals surface area contributed by atoms with E-state index in [9.17, 15) is 8.42 Å². The van der Waals surface area contributed by atoms with Crippen LogP contribution in [-0.2, 0) is 14.8 Å². The van der Waals surface area contributed by atoms with E-state index in [0.717, 1.165) is 51.6 Å². The van der Waals surface area contributed by atoms with Gasteiger partial charge < -0.3 is 15.4 Å². The van der Waals surface area contributed by atoms with Crippen LogP contribution in [0.25, 0.3) is 0 Å². The van der Waals surface area contributed by atoms with E-state index in [0.29, 0.717) is 19.0 Å². The molecular formula is C19H39IN4O3S. The predicted molar refractivity (Wildman–Crippen MR) is 126 cm³/mol. The first-order chi connectivity index (χ1) is 12.9. The molecule has 0 radical (unpaired) electrons. The molecule has 1 atom stereocenters. The highest BCUT2D eigenvalue weighted by molar-refractivity contribution is 14.0. The van der Waals surface area contributed by atoms with E-state index in [4.69, 9.17) is 9.73 Å². The Kier molecular flexibility index (Phi) is 11.6. The molecular weight excluding hydrogens is 491 g/mol. The molecule has 1 heterocycles. The number of aliphatic imine (C=N–C) groups is 1. The molecule has 2 N–H and O–H groups in total. The Bertz CT molecular complexity index is 580. The predicted octanol–water partition coefficient (Wildman–Crippen LogP) is 2.43. The molecule has 0 aromatic carbocycles. The van der Waals surface area contributed by atoms with Gasteiger partial charge in [0.05, 0.1) is 6.26 Å². The fraction of sp³-hybridized carbons (Fsp3) is 0.947. The van der Waals surface area contributed by atoms with Gasteiger partial charge in [0.15, 0.2) is 5.96 Å². The SMILES string of the molecule is CCNC(=NCC1(CCOCC)CCCC1)NCC1CCN(S(C)(=O)=O)C1.I. The fourth-order valence-corrected chi connectivity index (χ4v) is 5.06. The van der Waals surface area contributed by atoms with Crippen molar-refractivity contribution in [2.75, 3.05) is 52.2 Å². The monoisotopic (exact) mass is 530 g/mol. The van der Waals surface area contributed by atoms with E-state index in [1.54, 1.807) is 4.31 Å². The molecule has 9 heteroatoms. The molecule has 0 amide bonds. The van der Waals surface area contributed by atoms with Gasteiger partial charge in [-0.3, -0.25) is 4.99 Å². The summed E-state index contributed by atoms with van der Waals surface area (Å²) < 4.78 is 30.5. The number of nitrogens with zero attached hydrogens (tertiary/aromatic N) is 2. The summed E-state index contributed by atoms with van der Waals surface area (Å²) in [5, 5.41) is 6.76. The van der Waals surface area contributed by atoms with Crippen molar-refractivity contribution in [2.45, 2.75) is 52.4 Å². The summed E-state index contributed by atoms with van der Waals surface area (Å²) in [4.78, 5) is 4.88. The maximum absolute atomic E-state index is 11.7. The smallest absolute Gasteiger partial charge is 0.211 e. The highest BCUT2D eigenvalue weighted by atomic mass is 127. The molecule has 1 saturated heterocycles. The van der Waals surface area contributed by atoms with Crippen molar-refractivity contribution >= 4 is 40.0 Å². The molecule has 1 unspecified atom stereocenters. The molecule has 28 heavy (non-hydrogen) atoms. The van der Waals surface area contributed by atoms with Crippen LogP contribution in [-0.4, -0.2) is 70.9 Å². The van der Waals surface area contributed by atoms with Crippen LogP contribution >= 0.6 is 24.0 Å². The zero-order valence-electron chi connectivity index (χ0n) is 17.7. The number of sulfonamides is 1. The minimum Gasteiger partial charge on any atom is -0.382 e. The molecule has 2 fully saturated rings. The summed E-state index contributed by atoms with van der Waals surface area (Å²) >= 11 is 0. The second-order valence-corrected chi connectivity index (χ2v) is 9.99. The molecule has 0 spiro atoms. The topological polar surface area (TPSA) is 83.0 Å². The number of rotatable bonds is 10. The normalized spacial score (nSPS) is 22.8. The van der Waals surface area contributed by atoms with E-state index >= 15 is 0 Å². The Morgan fingerprint density at radius 1 is 1.25 bits per heavy atom. The van der Waals surface area contributed by atoms with Gasteiger partial charge in [0.1, 0.15) is 0 Å². The third-order valence-corrected chi connectivity index (χ3v) is 7.11. The third-order valence-electron chi connectivity index (χ3n) is 5.84. The molecule has 0 bridgehead atoms. The van der Waals surface area contributed by atoms with E-state index < -0.39 is 10.0 Å². The average Bonchev–Trinajstić information content (AvgIpc) is 3.27. The standard InChI is InChI=1S/C19H38N4O3S.HI/c1-4-20-18(21-14-17-8-12-23(15-17)27(3,24)25)22-16-19(9-6-7-10-19)11-13-26-5-2;/h17H,4-16H2,1-3H3,(H2,20,21,22);1H. The summed E-state index contributed by atoms with van der Waals surface area (Å²) in [7, 11) is -3.08. The first-order valence-electron chi connectivity index (χ1n) is 10.4. The summed E-state index contributed by atoms with van der Waals surface area (Å²) in [6.45, 7) is 9.33. The molecule has 0 aromatic heterocycles. The summed E-state index contributed by atoms with van der Waals surface area (Å²) in [6.07, 6.45) is 8.30. The fourth-order valence-electron chi connectivity index (χ4n) is 4.14. The zero-order valence-corrected chi connectivity index (χ0v) is 20.9. The van der Waals surface area contributed by atoms with Crippen molar-refractivity contribution in [3.8, 4) is 0 Å². The number of hydrogen-bond donors (Lipinski definition) is 2. The summed E-state index contributed by atoms with van der Waals surface area (Å²) in [6, 6.07) is 0. The maximum atomic E-state index is 11.7. The number of guanidine groups is 1. The summed E-state index contributed by atoms with van der Waals surface area (Å²) in [5.41, 5.74) is 0.276. The van der Waals surface area contributed by atoms with Crippen LogP contribution in [0.1, 0.15) is 52.4 Å². The molecule has 166 valence electrons. The maximum Gasteiger partial charge on any atom is 0.211 e. The van der Waals surface area contributed by atoms with Gasteiger partial charge >= 0.3 is 0 Å². The van der Waals surface area contributed by atoms with Gasteiger partial charge in [0, 0.05) is 45.9 Å². The quantitative estimate of drug-likeness (QED) is 0.196. The molecule has 1 aliphatic heterocycles. The van der Waals surface area contributed by atoms with Gasteiger partial charge in [-0.05, 0) is 50.9 Å². The van der Waals surface area contributed by atoms with Crippen LogP contribution in [0.4, 0.5) is 0 Å². The summed E-state index contributed by atoms with van der Waals surface area (Å²) in [5.74, 6) is 1.18. The van der Waals surface area contributed by atoms with Gasteiger partial charge in [-0.1, -0.05) is 12.8 Å². The zero-order chi connectivity index (χ0) is 19.8. The van der Waals surface area contributed by atoms with Crippen molar-refractivity contribution in [3.63, 3.8) is 0 Å². The minimum absolute atomic E-state index is 0. The first-order valence-corrected chi connectivity index (χ1v) is 12.3. The van der Waals surface area contributed by atoms with E-state index in [2.05, 4.69) is 17.6 Å². The third kappa shape index (κ3) is 8.31. The Balaban J connectivity index is 0.00000392. The lowest BCUT2D eigenvalue weighted by molar-refractivity contribution is 0.107. The molecule has 0 aromatic rings. The molecule has 2 aliphatic rings. The van der Waals surface area contributed by atoms with E-state index in [-0.39, 0.29) is 29.4 Å². The first kappa shape index (κ1) is 25.9. The van der Waals surface area contributed by atoms with Crippen LogP contribution in [0, 0.1) is 11.3 Å². The van der Waals surface area contributed by atoms with Crippen molar-refractivity contribution in [2.24, 2.45) is 16.3 Å². The van der Waals surface area contributed by atoms with Crippen LogP contribution in [0.15, 0.2) is 4.99 Å². The Morgan fingerprint density at radius 2 is 1.96 bits per heavy atom. The highest BCUT2D eigenvalue weighted by Crippen LogP contribution is 2.41. The lowest BCUT2D eigenvalue weighted by atomic mass is 9.83. The highest BCUT2D eigenvalue weighted by Gasteiger charge is 2.33. The largest absolute Gasteiger partial charge is 0.382 e. The Morgan fingerprint density at radius 3 is 2.54 bits per heavy atom. The molecule has 1 aliphatic carbocycles. The second-order valence-electron chi connectivity index (χ2n) is 8.01. The lowest BCUT2D eigenvalue weighted by Gasteiger charge is -2.27. The molecule has 2 rings (SSSR count). The molecule has 1 saturated carbocycles. The molecule has 7 nitrogen and oxygen atoms in total. The van der Waals surface area contributed by atoms with Crippen molar-refractivity contribution in [3.05, 3.63) is 0 Å². The van der Waals surface area contributed by atoms with E-state index in [1.165, 1.54) is 31.9 Å². The number of nitrogens with one attached hydrogen (secondary N) is 2. The van der Waals surface area contributed by atoms with Crippen molar-refractivity contribution in [1.29, 1.82) is 0 Å². The van der Waals surface area contributed by atoms with Gasteiger partial charge in [-0.2, -0.15) is 0 Å². The van der Waals surface area contributed by atoms with Gasteiger partial charge in [-0.25, -0.2) is 12.7 Å². The Hall–Kier alpha value is -0.130. The lowest BCUT2D eigenvalue weighted by Crippen LogP contribution is -2.41. The average molecular weight is 531 g/mol. The van der Waals surface area contributed by atoms with Gasteiger partial charge in [-0.15, -0.1) is 24.0 Å². The van der Waals surface area contributed by atoms with Gasteiger partial charge in [0.2, 0.25) is 10.0 Å². The van der Waals surface area contributed by atoms with Crippen LogP contribution < -0.4 is 10.6 Å². The van der Waals surface area contributed by atoms with E-state index in [1.807, 2.05) is 6.92 Å². The van der Waals surface area contributed by atoms with Crippen molar-refractivity contribution < 1.29 is 13.2 Å². The Labute approximate surface area is 188 Å². The van der Waals surface area contributed by atoms with Crippen molar-refractivity contribution in [1.82, 2.24) is 14.9 Å².